The zero-order valence-corrected chi connectivity index (χ0v) is 19.6. The predicted octanol–water partition coefficient (Wildman–Crippen LogP) is 4.90. The molecule has 0 fully saturated rings. The highest BCUT2D eigenvalue weighted by Gasteiger charge is 2.39. The quantitative estimate of drug-likeness (QED) is 0.457. The summed E-state index contributed by atoms with van der Waals surface area (Å²) in [5.74, 6) is -1.20. The summed E-state index contributed by atoms with van der Waals surface area (Å²) in [5, 5.41) is 11.9. The van der Waals surface area contributed by atoms with Crippen LogP contribution in [0.4, 0.5) is 9.18 Å². The predicted molar refractivity (Wildman–Crippen MR) is 131 cm³/mol. The Kier molecular flexibility index (Phi) is 7.71. The number of carbonyl (C=O) groups is 2. The number of aryl methyl sites for hydroxylation is 1. The van der Waals surface area contributed by atoms with Gasteiger partial charge in [0.05, 0.1) is 24.8 Å². The first-order chi connectivity index (χ1) is 17.5. The SMILES string of the molecule is COc1cccc(CCC2=NC(=O)NC(c3ccc(F)cc3)C2C(=O)OCc2cccc(C#N)c2)c1. The van der Waals surface area contributed by atoms with E-state index in [2.05, 4.69) is 16.4 Å². The summed E-state index contributed by atoms with van der Waals surface area (Å²) in [7, 11) is 1.58. The fourth-order valence-electron chi connectivity index (χ4n) is 4.15. The van der Waals surface area contributed by atoms with Gasteiger partial charge in [0.15, 0.2) is 0 Å². The smallest absolute Gasteiger partial charge is 0.341 e. The standard InChI is InChI=1S/C28H24FN3O4/c1-35-23-7-3-4-18(15-23)8-13-24-25(27(33)36-17-20-6-2-5-19(14-20)16-30)26(32-28(34)31-24)21-9-11-22(29)12-10-21/h2-7,9-12,14-15,25-26H,8,13,17H2,1H3,(H,32,34). The number of aliphatic imine (C=N–C) groups is 1. The largest absolute Gasteiger partial charge is 0.497 e. The highest BCUT2D eigenvalue weighted by Crippen LogP contribution is 2.30. The van der Waals surface area contributed by atoms with Crippen LogP contribution < -0.4 is 10.1 Å². The molecule has 0 saturated carbocycles. The minimum absolute atomic E-state index is 0.0435. The van der Waals surface area contributed by atoms with Crippen molar-refractivity contribution in [2.45, 2.75) is 25.5 Å². The third-order valence-corrected chi connectivity index (χ3v) is 5.94. The minimum Gasteiger partial charge on any atom is -0.497 e. The normalized spacial score (nSPS) is 16.9. The molecule has 1 aliphatic heterocycles. The van der Waals surface area contributed by atoms with Crippen molar-refractivity contribution in [3.05, 3.63) is 101 Å². The molecule has 4 rings (SSSR count). The molecule has 1 aliphatic rings. The van der Waals surface area contributed by atoms with Gasteiger partial charge in [-0.15, -0.1) is 0 Å². The van der Waals surface area contributed by atoms with E-state index in [1.165, 1.54) is 24.3 Å². The van der Waals surface area contributed by atoms with Crippen molar-refractivity contribution in [3.63, 3.8) is 0 Å². The lowest BCUT2D eigenvalue weighted by Gasteiger charge is -2.31. The van der Waals surface area contributed by atoms with Gasteiger partial charge in [-0.25, -0.2) is 14.2 Å². The zero-order chi connectivity index (χ0) is 25.5. The van der Waals surface area contributed by atoms with Crippen LogP contribution in [0.15, 0.2) is 77.8 Å². The van der Waals surface area contributed by atoms with E-state index in [0.29, 0.717) is 41.0 Å². The van der Waals surface area contributed by atoms with Gasteiger partial charge in [-0.3, -0.25) is 4.79 Å². The number of methoxy groups -OCH3 is 1. The van der Waals surface area contributed by atoms with Crippen molar-refractivity contribution in [2.75, 3.05) is 7.11 Å². The maximum atomic E-state index is 13.6. The van der Waals surface area contributed by atoms with Crippen molar-refractivity contribution in [2.24, 2.45) is 10.9 Å². The Morgan fingerprint density at radius 1 is 1.06 bits per heavy atom. The van der Waals surface area contributed by atoms with E-state index in [-0.39, 0.29) is 6.61 Å². The first kappa shape index (κ1) is 24.6. The van der Waals surface area contributed by atoms with Crippen LogP contribution in [0.1, 0.15) is 34.7 Å². The number of ether oxygens (including phenoxy) is 2. The maximum Gasteiger partial charge on any atom is 0.341 e. The summed E-state index contributed by atoms with van der Waals surface area (Å²) in [5.41, 5.74) is 3.02. The average Bonchev–Trinajstić information content (AvgIpc) is 2.91. The van der Waals surface area contributed by atoms with E-state index in [0.717, 1.165) is 5.56 Å². The van der Waals surface area contributed by atoms with Crippen molar-refractivity contribution < 1.29 is 23.5 Å². The number of rotatable bonds is 8. The number of hydrogen-bond acceptors (Lipinski definition) is 5. The molecular weight excluding hydrogens is 461 g/mol. The van der Waals surface area contributed by atoms with Crippen molar-refractivity contribution in [3.8, 4) is 11.8 Å². The van der Waals surface area contributed by atoms with Crippen LogP contribution in [-0.4, -0.2) is 24.8 Å². The second-order valence-electron chi connectivity index (χ2n) is 8.33. The Morgan fingerprint density at radius 3 is 2.56 bits per heavy atom. The van der Waals surface area contributed by atoms with E-state index < -0.39 is 29.8 Å². The highest BCUT2D eigenvalue weighted by molar-refractivity contribution is 6.09. The Morgan fingerprint density at radius 2 is 1.81 bits per heavy atom. The van der Waals surface area contributed by atoms with Gasteiger partial charge in [-0.1, -0.05) is 36.4 Å². The molecule has 2 atom stereocenters. The average molecular weight is 486 g/mol. The van der Waals surface area contributed by atoms with E-state index in [9.17, 15) is 14.0 Å². The Bertz CT molecular complexity index is 1330. The number of benzene rings is 3. The summed E-state index contributed by atoms with van der Waals surface area (Å²) >= 11 is 0. The molecule has 0 spiro atoms. The van der Waals surface area contributed by atoms with Gasteiger partial charge in [0.2, 0.25) is 0 Å². The first-order valence-electron chi connectivity index (χ1n) is 11.4. The number of hydrogen-bond donors (Lipinski definition) is 1. The van der Waals surface area contributed by atoms with Gasteiger partial charge in [0.25, 0.3) is 0 Å². The van der Waals surface area contributed by atoms with E-state index in [4.69, 9.17) is 14.7 Å². The van der Waals surface area contributed by atoms with Crippen LogP contribution in [-0.2, 0) is 22.6 Å². The van der Waals surface area contributed by atoms with Gasteiger partial charge in [0, 0.05) is 5.71 Å². The summed E-state index contributed by atoms with van der Waals surface area (Å²) in [6, 6.07) is 20.6. The second-order valence-corrected chi connectivity index (χ2v) is 8.33. The van der Waals surface area contributed by atoms with Crippen LogP contribution >= 0.6 is 0 Å². The molecule has 1 N–H and O–H groups in total. The maximum absolute atomic E-state index is 13.6. The van der Waals surface area contributed by atoms with Crippen LogP contribution in [0, 0.1) is 23.1 Å². The number of esters is 1. The first-order valence-corrected chi connectivity index (χ1v) is 11.4. The number of amides is 2. The lowest BCUT2D eigenvalue weighted by Crippen LogP contribution is -2.45. The molecule has 0 bridgehead atoms. The molecule has 3 aromatic carbocycles. The molecular formula is C28H24FN3O4. The molecule has 8 heteroatoms. The number of nitriles is 1. The molecule has 7 nitrogen and oxygen atoms in total. The fourth-order valence-corrected chi connectivity index (χ4v) is 4.15. The van der Waals surface area contributed by atoms with Gasteiger partial charge in [0.1, 0.15) is 24.1 Å². The molecule has 182 valence electrons. The third kappa shape index (κ3) is 5.94. The molecule has 0 radical (unpaired) electrons. The van der Waals surface area contributed by atoms with E-state index in [1.807, 2.05) is 24.3 Å². The van der Waals surface area contributed by atoms with Gasteiger partial charge >= 0.3 is 12.0 Å². The summed E-state index contributed by atoms with van der Waals surface area (Å²) in [4.78, 5) is 30.0. The number of carbonyl (C=O) groups excluding carboxylic acids is 2. The number of halogens is 1. The highest BCUT2D eigenvalue weighted by atomic mass is 19.1. The number of nitrogens with zero attached hydrogens (tertiary/aromatic N) is 2. The Labute approximate surface area is 208 Å². The topological polar surface area (TPSA) is 101 Å². The molecule has 0 aliphatic carbocycles. The molecule has 0 saturated heterocycles. The lowest BCUT2D eigenvalue weighted by molar-refractivity contribution is -0.148. The molecule has 0 aromatic heterocycles. The Balaban J connectivity index is 1.60. The lowest BCUT2D eigenvalue weighted by atomic mass is 9.85. The van der Waals surface area contributed by atoms with Gasteiger partial charge < -0.3 is 14.8 Å². The third-order valence-electron chi connectivity index (χ3n) is 5.94. The second kappa shape index (κ2) is 11.3. The van der Waals surface area contributed by atoms with E-state index in [1.54, 1.807) is 31.4 Å². The summed E-state index contributed by atoms with van der Waals surface area (Å²) < 4.78 is 24.5. The Hall–Kier alpha value is -4.51. The summed E-state index contributed by atoms with van der Waals surface area (Å²) in [6.07, 6.45) is 0.857. The van der Waals surface area contributed by atoms with Crippen molar-refractivity contribution in [1.29, 1.82) is 5.26 Å². The van der Waals surface area contributed by atoms with Gasteiger partial charge in [-0.2, -0.15) is 5.26 Å². The van der Waals surface area contributed by atoms with E-state index >= 15 is 0 Å². The fraction of sp³-hybridized carbons (Fsp3) is 0.214. The molecule has 36 heavy (non-hydrogen) atoms. The monoisotopic (exact) mass is 485 g/mol. The zero-order valence-electron chi connectivity index (χ0n) is 19.6. The van der Waals surface area contributed by atoms with Crippen LogP contribution in [0.25, 0.3) is 0 Å². The summed E-state index contributed by atoms with van der Waals surface area (Å²) in [6.45, 7) is -0.0435. The van der Waals surface area contributed by atoms with Crippen molar-refractivity contribution in [1.82, 2.24) is 5.32 Å². The molecule has 2 unspecified atom stereocenters. The number of nitrogens with one attached hydrogen (secondary N) is 1. The van der Waals surface area contributed by atoms with Gasteiger partial charge in [-0.05, 0) is 65.9 Å². The van der Waals surface area contributed by atoms with Crippen molar-refractivity contribution >= 4 is 17.7 Å². The van der Waals surface area contributed by atoms with Crippen LogP contribution in [0.3, 0.4) is 0 Å². The van der Waals surface area contributed by atoms with Crippen LogP contribution in [0.2, 0.25) is 0 Å². The molecule has 3 aromatic rings. The molecule has 2 amide bonds. The molecule has 1 heterocycles. The number of urea groups is 1. The minimum atomic E-state index is -0.905. The van der Waals surface area contributed by atoms with Crippen LogP contribution in [0.5, 0.6) is 5.75 Å².